The minimum absolute atomic E-state index is 0.0588. The predicted molar refractivity (Wildman–Crippen MR) is 113 cm³/mol. The number of carbonyl (C=O) groups excluding carboxylic acids is 1. The second-order valence-electron chi connectivity index (χ2n) is 8.33. The Morgan fingerprint density at radius 2 is 1.72 bits per heavy atom. The van der Waals surface area contributed by atoms with Crippen molar-refractivity contribution in [3.05, 3.63) is 53.1 Å². The molecule has 2 unspecified atom stereocenters. The summed E-state index contributed by atoms with van der Waals surface area (Å²) in [6.07, 6.45) is 2.33. The highest BCUT2D eigenvalue weighted by atomic mass is 16.5. The fraction of sp³-hybridized carbons (Fsp3) is 0.391. The molecule has 0 aliphatic heterocycles. The van der Waals surface area contributed by atoms with E-state index >= 15 is 0 Å². The zero-order valence-electron chi connectivity index (χ0n) is 17.5. The fourth-order valence-electron chi connectivity index (χ4n) is 3.33. The zero-order valence-corrected chi connectivity index (χ0v) is 17.5. The minimum Gasteiger partial charge on any atom is -0.502 e. The van der Waals surface area contributed by atoms with Gasteiger partial charge in [0, 0.05) is 11.5 Å². The number of aromatic hydroxyl groups is 1. The third-order valence-corrected chi connectivity index (χ3v) is 5.22. The zero-order chi connectivity index (χ0) is 21.2. The molecule has 154 valence electrons. The largest absolute Gasteiger partial charge is 0.502 e. The topological polar surface area (TPSA) is 80.2 Å². The highest BCUT2D eigenvalue weighted by Crippen LogP contribution is 2.47. The molecule has 0 bridgehead atoms. The molecule has 6 heteroatoms. The molecule has 2 atom stereocenters. The maximum Gasteiger partial charge on any atom is 0.243 e. The van der Waals surface area contributed by atoms with Gasteiger partial charge in [0.25, 0.3) is 0 Å². The highest BCUT2D eigenvalue weighted by molar-refractivity contribution is 5.86. The van der Waals surface area contributed by atoms with Crippen LogP contribution in [0.15, 0.2) is 41.5 Å². The lowest BCUT2D eigenvalue weighted by Crippen LogP contribution is -2.20. The van der Waals surface area contributed by atoms with Crippen molar-refractivity contribution in [2.75, 3.05) is 14.2 Å². The van der Waals surface area contributed by atoms with Crippen LogP contribution in [0, 0.1) is 5.92 Å². The van der Waals surface area contributed by atoms with Crippen LogP contribution in [0.1, 0.15) is 49.8 Å². The molecule has 0 saturated heterocycles. The van der Waals surface area contributed by atoms with Gasteiger partial charge in [-0.25, -0.2) is 5.43 Å². The summed E-state index contributed by atoms with van der Waals surface area (Å²) < 4.78 is 10.2. The molecule has 0 heterocycles. The van der Waals surface area contributed by atoms with Gasteiger partial charge in [0.15, 0.2) is 11.5 Å². The first-order valence-electron chi connectivity index (χ1n) is 9.63. The Bertz CT molecular complexity index is 888. The number of hydrogen-bond acceptors (Lipinski definition) is 5. The number of phenols is 1. The van der Waals surface area contributed by atoms with Gasteiger partial charge >= 0.3 is 0 Å². The number of hydrazone groups is 1. The first-order chi connectivity index (χ1) is 13.7. The molecule has 0 aromatic heterocycles. The van der Waals surface area contributed by atoms with Crippen LogP contribution < -0.4 is 14.9 Å². The van der Waals surface area contributed by atoms with E-state index in [9.17, 15) is 9.90 Å². The summed E-state index contributed by atoms with van der Waals surface area (Å²) in [5.41, 5.74) is 5.84. The van der Waals surface area contributed by atoms with Gasteiger partial charge < -0.3 is 14.6 Å². The Hall–Kier alpha value is -3.02. The van der Waals surface area contributed by atoms with E-state index in [0.717, 1.165) is 6.42 Å². The lowest BCUT2D eigenvalue weighted by Gasteiger charge is -2.19. The molecular formula is C23H28N2O4. The molecule has 3 rings (SSSR count). The van der Waals surface area contributed by atoms with Crippen LogP contribution in [0.5, 0.6) is 17.2 Å². The van der Waals surface area contributed by atoms with Gasteiger partial charge in [-0.2, -0.15) is 5.10 Å². The summed E-state index contributed by atoms with van der Waals surface area (Å²) in [6, 6.07) is 11.8. The summed E-state index contributed by atoms with van der Waals surface area (Å²) in [4.78, 5) is 12.4. The van der Waals surface area contributed by atoms with E-state index in [-0.39, 0.29) is 40.4 Å². The van der Waals surface area contributed by atoms with Crippen molar-refractivity contribution in [3.63, 3.8) is 0 Å². The summed E-state index contributed by atoms with van der Waals surface area (Å²) in [5.74, 6) is 0.569. The number of nitrogens with zero attached hydrogens (tertiary/aromatic N) is 1. The molecule has 1 saturated carbocycles. The van der Waals surface area contributed by atoms with Gasteiger partial charge in [-0.1, -0.05) is 45.0 Å². The standard InChI is InChI=1S/C23H28N2O4/c1-23(2,3)16-8-6-15(7-9-16)17-12-18(17)22(27)25-24-13-14-10-19(28-4)21(26)20(11-14)29-5/h6-11,13,17-18,26H,12H2,1-5H3,(H,25,27)/b24-13+. The number of ether oxygens (including phenoxy) is 2. The van der Waals surface area contributed by atoms with Gasteiger partial charge in [-0.05, 0) is 41.0 Å². The second kappa shape index (κ2) is 8.15. The summed E-state index contributed by atoms with van der Waals surface area (Å²) in [6.45, 7) is 6.56. The van der Waals surface area contributed by atoms with Crippen molar-refractivity contribution in [1.82, 2.24) is 5.43 Å². The Balaban J connectivity index is 1.60. The molecule has 2 aromatic carbocycles. The number of nitrogens with one attached hydrogen (secondary N) is 1. The van der Waals surface area contributed by atoms with E-state index in [1.807, 2.05) is 0 Å². The Morgan fingerprint density at radius 1 is 1.14 bits per heavy atom. The summed E-state index contributed by atoms with van der Waals surface area (Å²) in [7, 11) is 2.91. The third kappa shape index (κ3) is 4.70. The van der Waals surface area contributed by atoms with Gasteiger partial charge in [0.1, 0.15) is 0 Å². The summed E-state index contributed by atoms with van der Waals surface area (Å²) >= 11 is 0. The normalized spacial score (nSPS) is 18.5. The highest BCUT2D eigenvalue weighted by Gasteiger charge is 2.44. The molecule has 1 fully saturated rings. The molecular weight excluding hydrogens is 368 g/mol. The molecule has 2 N–H and O–H groups in total. The van der Waals surface area contributed by atoms with Gasteiger partial charge in [-0.3, -0.25) is 4.79 Å². The number of amides is 1. The smallest absolute Gasteiger partial charge is 0.243 e. The number of methoxy groups -OCH3 is 2. The van der Waals surface area contributed by atoms with E-state index in [4.69, 9.17) is 9.47 Å². The van der Waals surface area contributed by atoms with Gasteiger partial charge in [0.05, 0.1) is 20.4 Å². The van der Waals surface area contributed by atoms with Crippen LogP contribution in [0.25, 0.3) is 0 Å². The van der Waals surface area contributed by atoms with Crippen molar-refractivity contribution < 1.29 is 19.4 Å². The molecule has 0 radical (unpaired) electrons. The van der Waals surface area contributed by atoms with Crippen molar-refractivity contribution in [1.29, 1.82) is 0 Å². The maximum absolute atomic E-state index is 12.4. The number of phenolic OH excluding ortho intramolecular Hbond substituents is 1. The van der Waals surface area contributed by atoms with Crippen LogP contribution in [-0.2, 0) is 10.2 Å². The van der Waals surface area contributed by atoms with Crippen LogP contribution >= 0.6 is 0 Å². The molecule has 2 aromatic rings. The first kappa shape index (κ1) is 20.7. The average Bonchev–Trinajstić information content (AvgIpc) is 3.49. The molecule has 1 aliphatic rings. The minimum atomic E-state index is -0.0937. The number of carbonyl (C=O) groups is 1. The molecule has 6 nitrogen and oxygen atoms in total. The Labute approximate surface area is 171 Å². The monoisotopic (exact) mass is 396 g/mol. The second-order valence-corrected chi connectivity index (χ2v) is 8.33. The van der Waals surface area contributed by atoms with Gasteiger partial charge in [0.2, 0.25) is 11.7 Å². The number of benzene rings is 2. The Kier molecular flexibility index (Phi) is 5.82. The van der Waals surface area contributed by atoms with Crippen LogP contribution in [0.4, 0.5) is 0 Å². The maximum atomic E-state index is 12.4. The lowest BCUT2D eigenvalue weighted by atomic mass is 9.86. The van der Waals surface area contributed by atoms with E-state index < -0.39 is 0 Å². The molecule has 0 spiro atoms. The van der Waals surface area contributed by atoms with Crippen molar-refractivity contribution in [3.8, 4) is 17.2 Å². The van der Waals surface area contributed by atoms with E-state index in [1.165, 1.54) is 31.6 Å². The van der Waals surface area contributed by atoms with Gasteiger partial charge in [-0.15, -0.1) is 0 Å². The SMILES string of the molecule is COc1cc(/C=N/NC(=O)C2CC2c2ccc(C(C)(C)C)cc2)cc(OC)c1O. The summed E-state index contributed by atoms with van der Waals surface area (Å²) in [5, 5.41) is 14.0. The quantitative estimate of drug-likeness (QED) is 0.572. The van der Waals surface area contributed by atoms with Crippen LogP contribution in [0.3, 0.4) is 0 Å². The van der Waals surface area contributed by atoms with E-state index in [1.54, 1.807) is 12.1 Å². The molecule has 1 aliphatic carbocycles. The van der Waals surface area contributed by atoms with Crippen LogP contribution in [-0.4, -0.2) is 31.4 Å². The number of hydrogen-bond donors (Lipinski definition) is 2. The first-order valence-corrected chi connectivity index (χ1v) is 9.63. The third-order valence-electron chi connectivity index (χ3n) is 5.22. The number of rotatable bonds is 6. The lowest BCUT2D eigenvalue weighted by molar-refractivity contribution is -0.122. The fourth-order valence-corrected chi connectivity index (χ4v) is 3.33. The molecule has 1 amide bonds. The van der Waals surface area contributed by atoms with Crippen molar-refractivity contribution in [2.45, 2.75) is 38.5 Å². The molecule has 29 heavy (non-hydrogen) atoms. The van der Waals surface area contributed by atoms with Crippen LogP contribution in [0.2, 0.25) is 0 Å². The average molecular weight is 396 g/mol. The van der Waals surface area contributed by atoms with Crippen molar-refractivity contribution >= 4 is 12.1 Å². The Morgan fingerprint density at radius 3 is 2.24 bits per heavy atom. The van der Waals surface area contributed by atoms with E-state index in [0.29, 0.717) is 5.56 Å². The van der Waals surface area contributed by atoms with Crippen molar-refractivity contribution in [2.24, 2.45) is 11.0 Å². The van der Waals surface area contributed by atoms with E-state index in [2.05, 4.69) is 55.6 Å². The predicted octanol–water partition coefficient (Wildman–Crippen LogP) is 3.96.